The van der Waals surface area contributed by atoms with Gasteiger partial charge in [0.25, 0.3) is 5.91 Å². The molecule has 0 saturated heterocycles. The van der Waals surface area contributed by atoms with Crippen molar-refractivity contribution in [2.45, 2.75) is 13.5 Å². The van der Waals surface area contributed by atoms with Crippen LogP contribution >= 0.6 is 0 Å². The first-order valence-electron chi connectivity index (χ1n) is 10.5. The van der Waals surface area contributed by atoms with Gasteiger partial charge in [-0.05, 0) is 24.3 Å². The van der Waals surface area contributed by atoms with E-state index >= 15 is 0 Å². The smallest absolute Gasteiger partial charge is 0.251 e. The Balaban J connectivity index is 0.00000103. The van der Waals surface area contributed by atoms with Gasteiger partial charge in [0.1, 0.15) is 5.65 Å². The maximum atomic E-state index is 12.6. The Hall–Kier alpha value is -4.47. The number of amides is 1. The van der Waals surface area contributed by atoms with Crippen LogP contribution in [0.3, 0.4) is 0 Å². The summed E-state index contributed by atoms with van der Waals surface area (Å²) >= 11 is 0. The molecule has 10 heteroatoms. The van der Waals surface area contributed by atoms with E-state index in [0.29, 0.717) is 30.2 Å². The quantitative estimate of drug-likeness (QED) is 0.308. The Bertz CT molecular complexity index is 1290. The Kier molecular flexibility index (Phi) is 8.11. The molecular weight excluding hydrogens is 436 g/mol. The lowest BCUT2D eigenvalue weighted by atomic mass is 10.2. The van der Waals surface area contributed by atoms with Gasteiger partial charge in [-0.2, -0.15) is 0 Å². The number of nitrogens with one attached hydrogen (secondary N) is 2. The van der Waals surface area contributed by atoms with E-state index in [1.54, 1.807) is 31.6 Å². The van der Waals surface area contributed by atoms with Crippen LogP contribution in [0, 0.1) is 6.92 Å². The second kappa shape index (κ2) is 11.4. The zero-order valence-corrected chi connectivity index (χ0v) is 19.2. The molecule has 0 aliphatic heterocycles. The number of methoxy groups -OCH3 is 1. The largest absolute Gasteiger partial charge is 0.554 e. The molecule has 0 bridgehead atoms. The van der Waals surface area contributed by atoms with Gasteiger partial charge in [0.15, 0.2) is 18.4 Å². The van der Waals surface area contributed by atoms with Crippen LogP contribution in [0.5, 0.6) is 5.88 Å². The van der Waals surface area contributed by atoms with Crippen LogP contribution in [-0.4, -0.2) is 47.5 Å². The summed E-state index contributed by atoms with van der Waals surface area (Å²) in [4.78, 5) is 29.6. The molecule has 0 spiro atoms. The molecule has 0 radical (unpaired) electrons. The lowest BCUT2D eigenvalue weighted by molar-refractivity contribution is -0.700. The minimum absolute atomic E-state index is 0.129. The van der Waals surface area contributed by atoms with E-state index in [9.17, 15) is 4.79 Å². The van der Waals surface area contributed by atoms with Crippen molar-refractivity contribution in [3.8, 4) is 17.1 Å². The Morgan fingerprint density at radius 1 is 1.26 bits per heavy atom. The molecule has 0 saturated carbocycles. The molecule has 10 nitrogen and oxygen atoms in total. The van der Waals surface area contributed by atoms with Crippen LogP contribution in [0.4, 0.5) is 5.69 Å². The van der Waals surface area contributed by atoms with Crippen molar-refractivity contribution in [1.82, 2.24) is 19.7 Å². The predicted octanol–water partition coefficient (Wildman–Crippen LogP) is 0.839. The standard InChI is InChI=1S/C23H24N6O2.CH2O2/c1-16-13-18(24-2)7-10-28(16)12-9-25-22(30)17-6-11-29-20(15-27-21(29)14-17)19-5-4-8-26-23(19)31-3;2-1-3/h4-8,10-11,13-15H,9,12H2,1-3H3,(H,25,30);1H,(H,2,3). The van der Waals surface area contributed by atoms with Crippen LogP contribution in [0.2, 0.25) is 0 Å². The Morgan fingerprint density at radius 2 is 2.06 bits per heavy atom. The van der Waals surface area contributed by atoms with Crippen LogP contribution < -0.4 is 25.0 Å². The summed E-state index contributed by atoms with van der Waals surface area (Å²) in [7, 11) is 3.48. The number of anilines is 1. The van der Waals surface area contributed by atoms with Crippen LogP contribution in [-0.2, 0) is 11.3 Å². The average molecular weight is 463 g/mol. The molecule has 4 heterocycles. The minimum atomic E-state index is -0.500. The summed E-state index contributed by atoms with van der Waals surface area (Å²) in [6.45, 7) is 2.77. The molecule has 0 aromatic carbocycles. The van der Waals surface area contributed by atoms with Gasteiger partial charge in [-0.1, -0.05) is 0 Å². The lowest BCUT2D eigenvalue weighted by Gasteiger charge is -2.08. The first-order valence-corrected chi connectivity index (χ1v) is 10.5. The van der Waals surface area contributed by atoms with Gasteiger partial charge in [-0.25, -0.2) is 14.5 Å². The lowest BCUT2D eigenvalue weighted by Crippen LogP contribution is -2.42. The van der Waals surface area contributed by atoms with Gasteiger partial charge in [-0.3, -0.25) is 9.20 Å². The summed E-state index contributed by atoms with van der Waals surface area (Å²) < 4.78 is 9.38. The summed E-state index contributed by atoms with van der Waals surface area (Å²) in [5, 5.41) is 14.4. The normalized spacial score (nSPS) is 10.2. The highest BCUT2D eigenvalue weighted by Crippen LogP contribution is 2.28. The second-order valence-electron chi connectivity index (χ2n) is 7.20. The molecule has 34 heavy (non-hydrogen) atoms. The number of carbonyl (C=O) groups is 2. The van der Waals surface area contributed by atoms with E-state index in [-0.39, 0.29) is 5.91 Å². The summed E-state index contributed by atoms with van der Waals surface area (Å²) in [5.74, 6) is 0.401. The summed E-state index contributed by atoms with van der Waals surface area (Å²) in [6, 6.07) is 11.4. The van der Waals surface area contributed by atoms with E-state index in [0.717, 1.165) is 22.6 Å². The van der Waals surface area contributed by atoms with Crippen LogP contribution in [0.15, 0.2) is 61.2 Å². The van der Waals surface area contributed by atoms with Crippen molar-refractivity contribution >= 4 is 23.7 Å². The average Bonchev–Trinajstić information content (AvgIpc) is 3.28. The van der Waals surface area contributed by atoms with Gasteiger partial charge in [0, 0.05) is 56.2 Å². The van der Waals surface area contributed by atoms with Crippen LogP contribution in [0.25, 0.3) is 16.9 Å². The molecule has 4 rings (SSSR count). The Morgan fingerprint density at radius 3 is 2.76 bits per heavy atom. The van der Waals surface area contributed by atoms with Crippen LogP contribution in [0.1, 0.15) is 16.1 Å². The zero-order valence-electron chi connectivity index (χ0n) is 19.2. The second-order valence-corrected chi connectivity index (χ2v) is 7.20. The number of carboxylic acid groups (broad SMARTS) is 1. The molecule has 0 unspecified atom stereocenters. The molecule has 4 aromatic rings. The molecule has 0 aliphatic rings. The third-order valence-corrected chi connectivity index (χ3v) is 5.19. The monoisotopic (exact) mass is 462 g/mol. The number of hydrogen-bond donors (Lipinski definition) is 2. The number of rotatable bonds is 7. The fraction of sp³-hybridized carbons (Fsp3) is 0.208. The van der Waals surface area contributed by atoms with E-state index < -0.39 is 6.47 Å². The number of hydrogen-bond acceptors (Lipinski definition) is 7. The van der Waals surface area contributed by atoms with E-state index in [1.807, 2.05) is 49.0 Å². The molecule has 4 aromatic heterocycles. The number of carbonyl (C=O) groups excluding carboxylic acids is 2. The molecular formula is C24H26N6O4. The van der Waals surface area contributed by atoms with Crippen molar-refractivity contribution in [3.63, 3.8) is 0 Å². The van der Waals surface area contributed by atoms with Gasteiger partial charge < -0.3 is 25.3 Å². The number of ether oxygens (including phenoxy) is 1. The van der Waals surface area contributed by atoms with Crippen molar-refractivity contribution in [1.29, 1.82) is 0 Å². The van der Waals surface area contributed by atoms with Gasteiger partial charge >= 0.3 is 0 Å². The fourth-order valence-electron chi connectivity index (χ4n) is 3.51. The zero-order chi connectivity index (χ0) is 24.5. The highest BCUT2D eigenvalue weighted by Gasteiger charge is 2.14. The topological polar surface area (TPSA) is 125 Å². The number of aromatic nitrogens is 4. The molecule has 0 atom stereocenters. The highest BCUT2D eigenvalue weighted by atomic mass is 16.5. The van der Waals surface area contributed by atoms with E-state index in [1.165, 1.54) is 0 Å². The number of fused-ring (bicyclic) bond motifs is 1. The van der Waals surface area contributed by atoms with Crippen molar-refractivity contribution in [2.75, 3.05) is 26.0 Å². The summed E-state index contributed by atoms with van der Waals surface area (Å²) in [5.41, 5.74) is 5.12. The molecule has 0 aliphatic carbocycles. The van der Waals surface area contributed by atoms with Crippen molar-refractivity contribution in [3.05, 3.63) is 72.4 Å². The SMILES string of the molecule is CNc1cc[n+](CCNC(=O)c2ccn3c(-c4cccnc4OC)cnc3c2)c(C)c1.O=C[O-]. The van der Waals surface area contributed by atoms with E-state index in [4.69, 9.17) is 14.6 Å². The van der Waals surface area contributed by atoms with E-state index in [2.05, 4.69) is 31.2 Å². The number of aryl methyl sites for hydroxylation is 1. The first-order chi connectivity index (χ1) is 16.5. The molecule has 1 amide bonds. The minimum Gasteiger partial charge on any atom is -0.554 e. The molecule has 2 N–H and O–H groups in total. The number of pyridine rings is 3. The first kappa shape index (κ1) is 24.2. The fourth-order valence-corrected chi connectivity index (χ4v) is 3.51. The van der Waals surface area contributed by atoms with Crippen molar-refractivity contribution in [2.24, 2.45) is 0 Å². The predicted molar refractivity (Wildman–Crippen MR) is 124 cm³/mol. The van der Waals surface area contributed by atoms with Gasteiger partial charge in [0.05, 0.1) is 31.1 Å². The maximum absolute atomic E-state index is 12.6. The molecule has 176 valence electrons. The highest BCUT2D eigenvalue weighted by molar-refractivity contribution is 5.95. The maximum Gasteiger partial charge on any atom is 0.251 e. The Labute approximate surface area is 196 Å². The third-order valence-electron chi connectivity index (χ3n) is 5.19. The number of imidazole rings is 1. The van der Waals surface area contributed by atoms with Crippen molar-refractivity contribution < 1.29 is 24.0 Å². The molecule has 0 fully saturated rings. The van der Waals surface area contributed by atoms with Gasteiger partial charge in [-0.15, -0.1) is 0 Å². The van der Waals surface area contributed by atoms with Gasteiger partial charge in [0.2, 0.25) is 5.88 Å². The number of nitrogens with zero attached hydrogens (tertiary/aromatic N) is 4. The third kappa shape index (κ3) is 5.47. The summed E-state index contributed by atoms with van der Waals surface area (Å²) in [6.07, 6.45) is 7.29.